The van der Waals surface area contributed by atoms with Crippen LogP contribution in [0, 0.1) is 12.7 Å². The van der Waals surface area contributed by atoms with Crippen LogP contribution in [0.2, 0.25) is 5.02 Å². The van der Waals surface area contributed by atoms with Gasteiger partial charge in [0.15, 0.2) is 0 Å². The van der Waals surface area contributed by atoms with Crippen molar-refractivity contribution >= 4 is 11.6 Å². The van der Waals surface area contributed by atoms with Gasteiger partial charge >= 0.3 is 0 Å². The predicted molar refractivity (Wildman–Crippen MR) is 63.4 cm³/mol. The van der Waals surface area contributed by atoms with Crippen LogP contribution in [0.25, 0.3) is 0 Å². The van der Waals surface area contributed by atoms with E-state index in [2.05, 4.69) is 5.10 Å². The molecule has 0 spiro atoms. The lowest BCUT2D eigenvalue weighted by atomic mass is 10.0. The van der Waals surface area contributed by atoms with E-state index in [9.17, 15) is 9.50 Å². The molecule has 90 valence electrons. The molecule has 0 aliphatic carbocycles. The van der Waals surface area contributed by atoms with Crippen molar-refractivity contribution in [1.82, 2.24) is 9.78 Å². The molecule has 1 aromatic heterocycles. The van der Waals surface area contributed by atoms with Gasteiger partial charge in [-0.05, 0) is 19.1 Å². The molecule has 2 aromatic rings. The first-order valence-electron chi connectivity index (χ1n) is 5.12. The van der Waals surface area contributed by atoms with Crippen LogP contribution in [0.15, 0.2) is 24.4 Å². The van der Waals surface area contributed by atoms with Gasteiger partial charge in [-0.15, -0.1) is 0 Å². The Hall–Kier alpha value is -1.39. The third-order valence-corrected chi connectivity index (χ3v) is 2.84. The monoisotopic (exact) mass is 254 g/mol. The molecule has 3 nitrogen and oxygen atoms in total. The van der Waals surface area contributed by atoms with Gasteiger partial charge in [-0.2, -0.15) is 5.10 Å². The summed E-state index contributed by atoms with van der Waals surface area (Å²) in [7, 11) is 1.75. The molecule has 0 saturated heterocycles. The van der Waals surface area contributed by atoms with Crippen LogP contribution in [0.5, 0.6) is 0 Å². The molecule has 2 rings (SSSR count). The molecular weight excluding hydrogens is 243 g/mol. The molecule has 1 heterocycles. The van der Waals surface area contributed by atoms with Crippen LogP contribution in [0.1, 0.15) is 22.9 Å². The second-order valence-corrected chi connectivity index (χ2v) is 4.35. The highest BCUT2D eigenvalue weighted by atomic mass is 35.5. The van der Waals surface area contributed by atoms with E-state index in [0.29, 0.717) is 16.3 Å². The van der Waals surface area contributed by atoms with Crippen molar-refractivity contribution in [3.05, 3.63) is 52.1 Å². The zero-order chi connectivity index (χ0) is 12.6. The minimum atomic E-state index is -1.03. The lowest BCUT2D eigenvalue weighted by molar-refractivity contribution is 0.214. The molecule has 17 heavy (non-hydrogen) atoms. The lowest BCUT2D eigenvalue weighted by Crippen LogP contribution is -2.03. The molecule has 1 N–H and O–H groups in total. The zero-order valence-electron chi connectivity index (χ0n) is 9.48. The fraction of sp³-hybridized carbons (Fsp3) is 0.250. The molecule has 5 heteroatoms. The van der Waals surface area contributed by atoms with Crippen molar-refractivity contribution in [1.29, 1.82) is 0 Å². The number of rotatable bonds is 2. The number of halogens is 2. The lowest BCUT2D eigenvalue weighted by Gasteiger charge is -2.11. The molecule has 1 unspecified atom stereocenters. The maximum Gasteiger partial charge on any atom is 0.130 e. The van der Waals surface area contributed by atoms with Crippen molar-refractivity contribution in [2.24, 2.45) is 7.05 Å². The predicted octanol–water partition coefficient (Wildman–Crippen LogP) is 2.60. The smallest absolute Gasteiger partial charge is 0.130 e. The summed E-state index contributed by atoms with van der Waals surface area (Å²) in [4.78, 5) is 0. The summed E-state index contributed by atoms with van der Waals surface area (Å²) in [6.07, 6.45) is 0.648. The highest BCUT2D eigenvalue weighted by Crippen LogP contribution is 2.27. The van der Waals surface area contributed by atoms with Gasteiger partial charge in [0.25, 0.3) is 0 Å². The van der Waals surface area contributed by atoms with Gasteiger partial charge in [-0.25, -0.2) is 4.39 Å². The third kappa shape index (κ3) is 2.33. The number of aryl methyl sites for hydroxylation is 2. The van der Waals surface area contributed by atoms with Gasteiger partial charge in [-0.3, -0.25) is 4.68 Å². The topological polar surface area (TPSA) is 38.0 Å². The number of aliphatic hydroxyl groups is 1. The summed E-state index contributed by atoms with van der Waals surface area (Å²) in [6.45, 7) is 1.77. The SMILES string of the molecule is Cc1nn(C)cc1C(O)c1ccc(Cl)cc1F. The first kappa shape index (κ1) is 12.1. The Morgan fingerprint density at radius 3 is 2.65 bits per heavy atom. The van der Waals surface area contributed by atoms with Crippen LogP contribution < -0.4 is 0 Å². The van der Waals surface area contributed by atoms with Crippen LogP contribution in [-0.4, -0.2) is 14.9 Å². The Bertz CT molecular complexity index is 553. The maximum atomic E-state index is 13.7. The first-order valence-corrected chi connectivity index (χ1v) is 5.50. The van der Waals surface area contributed by atoms with E-state index < -0.39 is 11.9 Å². The number of aromatic nitrogens is 2. The van der Waals surface area contributed by atoms with Crippen LogP contribution in [0.4, 0.5) is 4.39 Å². The van der Waals surface area contributed by atoms with Gasteiger partial charge in [0.1, 0.15) is 11.9 Å². The Morgan fingerprint density at radius 2 is 2.12 bits per heavy atom. The van der Waals surface area contributed by atoms with Crippen LogP contribution in [0.3, 0.4) is 0 Å². The summed E-state index contributed by atoms with van der Waals surface area (Å²) in [5.74, 6) is -0.520. The van der Waals surface area contributed by atoms with Gasteiger partial charge in [0.05, 0.1) is 5.69 Å². The van der Waals surface area contributed by atoms with Crippen molar-refractivity contribution in [2.75, 3.05) is 0 Å². The highest BCUT2D eigenvalue weighted by molar-refractivity contribution is 6.30. The van der Waals surface area contributed by atoms with E-state index in [-0.39, 0.29) is 5.56 Å². The summed E-state index contributed by atoms with van der Waals surface area (Å²) in [5, 5.41) is 14.5. The fourth-order valence-corrected chi connectivity index (χ4v) is 1.94. The van der Waals surface area contributed by atoms with E-state index in [4.69, 9.17) is 11.6 Å². The minimum absolute atomic E-state index is 0.200. The zero-order valence-corrected chi connectivity index (χ0v) is 10.2. The normalized spacial score (nSPS) is 12.8. The van der Waals surface area contributed by atoms with Crippen molar-refractivity contribution in [3.63, 3.8) is 0 Å². The number of nitrogens with zero attached hydrogens (tertiary/aromatic N) is 2. The maximum absolute atomic E-state index is 13.7. The minimum Gasteiger partial charge on any atom is -0.383 e. The second-order valence-electron chi connectivity index (χ2n) is 3.91. The standard InChI is InChI=1S/C12H12ClFN2O/c1-7-10(6-16(2)15-7)12(17)9-4-3-8(13)5-11(9)14/h3-6,12,17H,1-2H3. The Kier molecular flexibility index (Phi) is 3.17. The first-order chi connectivity index (χ1) is 7.99. The number of benzene rings is 1. The molecule has 0 bridgehead atoms. The van der Waals surface area contributed by atoms with Crippen molar-refractivity contribution < 1.29 is 9.50 Å². The number of hydrogen-bond donors (Lipinski definition) is 1. The molecular formula is C12H12ClFN2O. The van der Waals surface area contributed by atoms with E-state index in [1.807, 2.05) is 0 Å². The summed E-state index contributed by atoms with van der Waals surface area (Å²) < 4.78 is 15.2. The average Bonchev–Trinajstić information content (AvgIpc) is 2.57. The van der Waals surface area contributed by atoms with Crippen LogP contribution >= 0.6 is 11.6 Å². The van der Waals surface area contributed by atoms with E-state index in [0.717, 1.165) is 0 Å². The van der Waals surface area contributed by atoms with Crippen molar-refractivity contribution in [3.8, 4) is 0 Å². The second kappa shape index (κ2) is 4.47. The van der Waals surface area contributed by atoms with Gasteiger partial charge in [-0.1, -0.05) is 17.7 Å². The quantitative estimate of drug-likeness (QED) is 0.895. The molecule has 0 aliphatic heterocycles. The average molecular weight is 255 g/mol. The molecule has 0 fully saturated rings. The Labute approximate surface area is 103 Å². The van der Waals surface area contributed by atoms with Crippen LogP contribution in [-0.2, 0) is 7.05 Å². The van der Waals surface area contributed by atoms with Gasteiger partial charge in [0.2, 0.25) is 0 Å². The molecule has 1 atom stereocenters. The largest absolute Gasteiger partial charge is 0.383 e. The summed E-state index contributed by atoms with van der Waals surface area (Å²) in [5.41, 5.74) is 1.47. The molecule has 0 aliphatic rings. The number of hydrogen-bond acceptors (Lipinski definition) is 2. The molecule has 0 amide bonds. The van der Waals surface area contributed by atoms with Gasteiger partial charge < -0.3 is 5.11 Å². The van der Waals surface area contributed by atoms with E-state index >= 15 is 0 Å². The summed E-state index contributed by atoms with van der Waals surface area (Å²) in [6, 6.07) is 4.22. The van der Waals surface area contributed by atoms with Crippen molar-refractivity contribution in [2.45, 2.75) is 13.0 Å². The van der Waals surface area contributed by atoms with Gasteiger partial charge in [0, 0.05) is 29.4 Å². The summed E-state index contributed by atoms with van der Waals surface area (Å²) >= 11 is 5.66. The Balaban J connectivity index is 2.43. The Morgan fingerprint density at radius 1 is 1.41 bits per heavy atom. The molecule has 1 aromatic carbocycles. The number of aliphatic hydroxyl groups excluding tert-OH is 1. The molecule has 0 saturated carbocycles. The fourth-order valence-electron chi connectivity index (χ4n) is 1.78. The van der Waals surface area contributed by atoms with E-state index in [1.54, 1.807) is 30.9 Å². The third-order valence-electron chi connectivity index (χ3n) is 2.60. The highest BCUT2D eigenvalue weighted by Gasteiger charge is 2.19. The van der Waals surface area contributed by atoms with E-state index in [1.165, 1.54) is 12.1 Å². The molecule has 0 radical (unpaired) electrons.